The number of halogens is 1. The van der Waals surface area contributed by atoms with E-state index in [1.807, 2.05) is 6.20 Å². The summed E-state index contributed by atoms with van der Waals surface area (Å²) in [6.45, 7) is 14.5. The van der Waals surface area contributed by atoms with Crippen molar-refractivity contribution < 1.29 is 10.2 Å². The molecule has 41 heavy (non-hydrogen) atoms. The van der Waals surface area contributed by atoms with E-state index in [1.165, 1.54) is 0 Å². The van der Waals surface area contributed by atoms with E-state index in [-0.39, 0.29) is 35.2 Å². The Bertz CT molecular complexity index is 1170. The summed E-state index contributed by atoms with van der Waals surface area (Å²) in [7, 11) is 0. The van der Waals surface area contributed by atoms with E-state index in [9.17, 15) is 10.2 Å². The normalized spacial score (nSPS) is 27.3. The van der Waals surface area contributed by atoms with Crippen molar-refractivity contribution in [1.29, 1.82) is 0 Å². The highest BCUT2D eigenvalue weighted by atomic mass is 35.5. The molecule has 2 aromatic heterocycles. The molecule has 2 aliphatic rings. The van der Waals surface area contributed by atoms with Crippen LogP contribution in [0.1, 0.15) is 92.6 Å². The van der Waals surface area contributed by atoms with Gasteiger partial charge in [0.15, 0.2) is 5.82 Å². The van der Waals surface area contributed by atoms with Crippen molar-refractivity contribution in [3.8, 4) is 0 Å². The second-order valence-electron chi connectivity index (χ2n) is 14.1. The third-order valence-corrected chi connectivity index (χ3v) is 8.13. The molecule has 0 unspecified atom stereocenters. The highest BCUT2D eigenvalue weighted by Crippen LogP contribution is 2.34. The SMILES string of the molecule is C[C@@H]1CC[C@@H](Nc2nc(NC(C)(C)C)ncc2C[C@@H]2CC[C@@H](Nc3nc(NC(C)(C)C)ncc3Cl)C[C@H]2O)C[C@H]1O. The molecule has 0 saturated heterocycles. The van der Waals surface area contributed by atoms with Gasteiger partial charge in [0, 0.05) is 34.9 Å². The van der Waals surface area contributed by atoms with Crippen LogP contribution in [0.5, 0.6) is 0 Å². The summed E-state index contributed by atoms with van der Waals surface area (Å²) in [5.74, 6) is 2.85. The second-order valence-corrected chi connectivity index (χ2v) is 14.5. The zero-order chi connectivity index (χ0) is 29.9. The number of hydrogen-bond acceptors (Lipinski definition) is 10. The van der Waals surface area contributed by atoms with E-state index in [1.54, 1.807) is 6.20 Å². The number of nitrogens with zero attached hydrogens (tertiary/aromatic N) is 4. The maximum atomic E-state index is 11.2. The van der Waals surface area contributed by atoms with E-state index >= 15 is 0 Å². The van der Waals surface area contributed by atoms with Gasteiger partial charge in [-0.3, -0.25) is 0 Å². The Morgan fingerprint density at radius 3 is 1.90 bits per heavy atom. The zero-order valence-corrected chi connectivity index (χ0v) is 26.4. The fourth-order valence-corrected chi connectivity index (χ4v) is 5.76. The summed E-state index contributed by atoms with van der Waals surface area (Å²) in [4.78, 5) is 18.3. The Morgan fingerprint density at radius 2 is 1.32 bits per heavy atom. The first kappa shape index (κ1) is 31.5. The molecule has 0 aromatic carbocycles. The summed E-state index contributed by atoms with van der Waals surface area (Å²) in [6.07, 6.45) is 8.33. The number of aliphatic hydroxyl groups is 2. The van der Waals surface area contributed by atoms with Gasteiger partial charge in [0.1, 0.15) is 10.8 Å². The molecule has 0 bridgehead atoms. The predicted octanol–water partition coefficient (Wildman–Crippen LogP) is 5.49. The van der Waals surface area contributed by atoms with Crippen LogP contribution >= 0.6 is 11.6 Å². The Morgan fingerprint density at radius 1 is 0.780 bits per heavy atom. The molecule has 2 aromatic rings. The quantitative estimate of drug-likeness (QED) is 0.235. The van der Waals surface area contributed by atoms with E-state index in [4.69, 9.17) is 16.6 Å². The van der Waals surface area contributed by atoms with Gasteiger partial charge in [0.25, 0.3) is 0 Å². The minimum absolute atomic E-state index is 0.0501. The maximum Gasteiger partial charge on any atom is 0.225 e. The number of anilines is 4. The molecule has 4 rings (SSSR count). The van der Waals surface area contributed by atoms with Crippen molar-refractivity contribution in [3.05, 3.63) is 23.0 Å². The lowest BCUT2D eigenvalue weighted by molar-refractivity contribution is 0.0648. The van der Waals surface area contributed by atoms with Crippen LogP contribution in [0.2, 0.25) is 5.02 Å². The van der Waals surface area contributed by atoms with Crippen LogP contribution in [-0.4, -0.2) is 65.5 Å². The first-order valence-corrected chi connectivity index (χ1v) is 15.4. The summed E-state index contributed by atoms with van der Waals surface area (Å²) >= 11 is 6.41. The molecule has 6 N–H and O–H groups in total. The molecule has 11 heteroatoms. The van der Waals surface area contributed by atoms with Gasteiger partial charge >= 0.3 is 0 Å². The predicted molar refractivity (Wildman–Crippen MR) is 167 cm³/mol. The number of nitrogens with one attached hydrogen (secondary N) is 4. The van der Waals surface area contributed by atoms with Gasteiger partial charge < -0.3 is 31.5 Å². The van der Waals surface area contributed by atoms with Crippen LogP contribution in [0, 0.1) is 11.8 Å². The lowest BCUT2D eigenvalue weighted by Crippen LogP contribution is -2.38. The molecule has 0 radical (unpaired) electrons. The number of aromatic nitrogens is 4. The highest BCUT2D eigenvalue weighted by Gasteiger charge is 2.32. The average molecular weight is 589 g/mol. The standard InChI is InChI=1S/C30H49ClN8O2/c1-17-8-10-20(13-23(17)40)34-25-19(15-32-27(36-25)38-29(2,3)4)12-18-9-11-21(14-24(18)41)35-26-22(31)16-33-28(37-26)39-30(5,6)7/h15-18,20-21,23-24,40-41H,8-14H2,1-7H3,(H2,32,34,36,38)(H2,33,35,37,39)/t17-,18+,20-,21-,23-,24-/m1/s1. The van der Waals surface area contributed by atoms with Crippen molar-refractivity contribution in [2.24, 2.45) is 11.8 Å². The molecule has 2 saturated carbocycles. The molecule has 2 fully saturated rings. The minimum Gasteiger partial charge on any atom is -0.393 e. The van der Waals surface area contributed by atoms with Crippen LogP contribution in [0.25, 0.3) is 0 Å². The fraction of sp³-hybridized carbons (Fsp3) is 0.733. The number of rotatable bonds is 8. The van der Waals surface area contributed by atoms with Crippen molar-refractivity contribution in [2.45, 2.75) is 129 Å². The maximum absolute atomic E-state index is 11.2. The molecule has 2 aliphatic carbocycles. The van der Waals surface area contributed by atoms with E-state index < -0.39 is 6.10 Å². The largest absolute Gasteiger partial charge is 0.393 e. The minimum atomic E-state index is -0.494. The van der Waals surface area contributed by atoms with Crippen molar-refractivity contribution in [1.82, 2.24) is 19.9 Å². The average Bonchev–Trinajstić information content (AvgIpc) is 2.85. The first-order chi connectivity index (χ1) is 19.1. The van der Waals surface area contributed by atoms with Crippen molar-refractivity contribution in [3.63, 3.8) is 0 Å². The summed E-state index contributed by atoms with van der Waals surface area (Å²) in [6, 6.07) is 0.200. The summed E-state index contributed by atoms with van der Waals surface area (Å²) in [5.41, 5.74) is 0.643. The Balaban J connectivity index is 1.43. The van der Waals surface area contributed by atoms with E-state index in [2.05, 4.69) is 84.7 Å². The highest BCUT2D eigenvalue weighted by molar-refractivity contribution is 6.32. The molecule has 10 nitrogen and oxygen atoms in total. The molecule has 0 spiro atoms. The molecule has 2 heterocycles. The lowest BCUT2D eigenvalue weighted by atomic mass is 9.80. The van der Waals surface area contributed by atoms with E-state index in [0.717, 1.165) is 37.1 Å². The van der Waals surface area contributed by atoms with Crippen LogP contribution in [0.15, 0.2) is 12.4 Å². The second kappa shape index (κ2) is 12.8. The van der Waals surface area contributed by atoms with Gasteiger partial charge in [-0.25, -0.2) is 9.97 Å². The first-order valence-electron chi connectivity index (χ1n) is 15.0. The Hall–Kier alpha value is -2.43. The van der Waals surface area contributed by atoms with Crippen LogP contribution < -0.4 is 21.3 Å². The van der Waals surface area contributed by atoms with Crippen molar-refractivity contribution in [2.75, 3.05) is 21.3 Å². The zero-order valence-electron chi connectivity index (χ0n) is 25.6. The third-order valence-electron chi connectivity index (χ3n) is 7.86. The molecule has 6 atom stereocenters. The molecule has 0 amide bonds. The molecule has 0 aliphatic heterocycles. The topological polar surface area (TPSA) is 140 Å². The summed E-state index contributed by atoms with van der Waals surface area (Å²) < 4.78 is 0. The van der Waals surface area contributed by atoms with Gasteiger partial charge in [0.2, 0.25) is 11.9 Å². The number of aliphatic hydroxyl groups excluding tert-OH is 2. The fourth-order valence-electron chi connectivity index (χ4n) is 5.62. The monoisotopic (exact) mass is 588 g/mol. The van der Waals surface area contributed by atoms with Gasteiger partial charge in [-0.1, -0.05) is 18.5 Å². The lowest BCUT2D eigenvalue weighted by Gasteiger charge is -2.35. The van der Waals surface area contributed by atoms with Crippen LogP contribution in [0.3, 0.4) is 0 Å². The van der Waals surface area contributed by atoms with Gasteiger partial charge in [-0.15, -0.1) is 0 Å². The third kappa shape index (κ3) is 9.28. The van der Waals surface area contributed by atoms with E-state index in [0.29, 0.717) is 47.9 Å². The van der Waals surface area contributed by atoms with Crippen LogP contribution in [-0.2, 0) is 6.42 Å². The van der Waals surface area contributed by atoms with Gasteiger partial charge in [0.05, 0.1) is 18.4 Å². The van der Waals surface area contributed by atoms with Crippen LogP contribution in [0.4, 0.5) is 23.5 Å². The molecular formula is C30H49ClN8O2. The van der Waals surface area contributed by atoms with Gasteiger partial charge in [-0.2, -0.15) is 9.97 Å². The van der Waals surface area contributed by atoms with Crippen molar-refractivity contribution >= 4 is 35.1 Å². The van der Waals surface area contributed by atoms with Gasteiger partial charge in [-0.05, 0) is 98.3 Å². The Labute approximate surface area is 249 Å². The number of hydrogen-bond donors (Lipinski definition) is 6. The molecular weight excluding hydrogens is 540 g/mol. The Kier molecular flexibility index (Phi) is 9.86. The molecule has 228 valence electrons. The smallest absolute Gasteiger partial charge is 0.225 e. The summed E-state index contributed by atoms with van der Waals surface area (Å²) in [5, 5.41) is 35.8.